The van der Waals surface area contributed by atoms with Crippen molar-refractivity contribution in [3.8, 4) is 0 Å². The molecule has 0 spiro atoms. The average molecular weight is 251 g/mol. The number of hydrogen-bond donors (Lipinski definition) is 1. The highest BCUT2D eigenvalue weighted by molar-refractivity contribution is 5.94. The second-order valence-corrected chi connectivity index (χ2v) is 4.44. The zero-order valence-electron chi connectivity index (χ0n) is 10.6. The summed E-state index contributed by atoms with van der Waals surface area (Å²) in [5.74, 6) is -1.38. The van der Waals surface area contributed by atoms with Gasteiger partial charge in [0.1, 0.15) is 5.69 Å². The van der Waals surface area contributed by atoms with E-state index in [-0.39, 0.29) is 5.91 Å². The number of aliphatic carboxylic acids is 1. The van der Waals surface area contributed by atoms with Crippen LogP contribution in [0.3, 0.4) is 0 Å². The minimum absolute atomic E-state index is 0.124. The summed E-state index contributed by atoms with van der Waals surface area (Å²) in [6.07, 6.45) is 0.783. The third-order valence-electron chi connectivity index (χ3n) is 3.23. The second kappa shape index (κ2) is 4.80. The summed E-state index contributed by atoms with van der Waals surface area (Å²) in [7, 11) is 0. The minimum Gasteiger partial charge on any atom is -0.481 e. The van der Waals surface area contributed by atoms with E-state index >= 15 is 0 Å². The third kappa shape index (κ3) is 2.10. The number of likely N-dealkylation sites (tertiary alicyclic amines) is 1. The maximum Gasteiger partial charge on any atom is 0.310 e. The Hall–Kier alpha value is -1.85. The molecule has 98 valence electrons. The number of carboxylic acid groups (broad SMARTS) is 1. The van der Waals surface area contributed by atoms with Crippen molar-refractivity contribution < 1.29 is 14.7 Å². The minimum atomic E-state index is -0.836. The van der Waals surface area contributed by atoms with Crippen molar-refractivity contribution in [2.24, 2.45) is 5.92 Å². The summed E-state index contributed by atoms with van der Waals surface area (Å²) < 4.78 is 1.68. The summed E-state index contributed by atoms with van der Waals surface area (Å²) in [5, 5.41) is 13.1. The number of hydrogen-bond acceptors (Lipinski definition) is 3. The van der Waals surface area contributed by atoms with E-state index < -0.39 is 11.9 Å². The van der Waals surface area contributed by atoms with Crippen molar-refractivity contribution in [1.29, 1.82) is 0 Å². The van der Waals surface area contributed by atoms with Crippen LogP contribution in [0.4, 0.5) is 0 Å². The predicted octanol–water partition coefficient (Wildman–Crippen LogP) is 0.622. The highest BCUT2D eigenvalue weighted by atomic mass is 16.4. The lowest BCUT2D eigenvalue weighted by molar-refractivity contribution is -0.146. The number of carbonyl (C=O) groups is 2. The van der Waals surface area contributed by atoms with Gasteiger partial charge in [0.25, 0.3) is 5.91 Å². The molecule has 18 heavy (non-hydrogen) atoms. The largest absolute Gasteiger partial charge is 0.481 e. The lowest BCUT2D eigenvalue weighted by atomic mass is 10.00. The summed E-state index contributed by atoms with van der Waals surface area (Å²) >= 11 is 0. The topological polar surface area (TPSA) is 75.4 Å². The van der Waals surface area contributed by atoms with E-state index in [1.165, 1.54) is 0 Å². The Morgan fingerprint density at radius 2 is 2.11 bits per heavy atom. The van der Waals surface area contributed by atoms with Crippen LogP contribution in [0.15, 0.2) is 6.07 Å². The lowest BCUT2D eigenvalue weighted by Gasteiger charge is -2.36. The molecule has 2 rings (SSSR count). The van der Waals surface area contributed by atoms with Crippen molar-refractivity contribution >= 4 is 11.9 Å². The number of aromatic nitrogens is 2. The van der Waals surface area contributed by atoms with Crippen LogP contribution in [0.5, 0.6) is 0 Å². The number of carbonyl (C=O) groups excluding carboxylic acids is 1. The van der Waals surface area contributed by atoms with E-state index in [2.05, 4.69) is 5.10 Å². The van der Waals surface area contributed by atoms with Gasteiger partial charge in [0.15, 0.2) is 0 Å². The molecule has 1 aliphatic rings. The molecular formula is C12H17N3O3. The molecule has 1 fully saturated rings. The van der Waals surface area contributed by atoms with E-state index in [4.69, 9.17) is 5.11 Å². The average Bonchev–Trinajstić information content (AvgIpc) is 2.69. The second-order valence-electron chi connectivity index (χ2n) is 4.44. The maximum atomic E-state index is 12.2. The fraction of sp³-hybridized carbons (Fsp3) is 0.583. The first-order chi connectivity index (χ1) is 8.56. The van der Waals surface area contributed by atoms with Crippen LogP contribution in [0.1, 0.15) is 30.0 Å². The number of carboxylic acids is 1. The molecule has 0 atom stereocenters. The van der Waals surface area contributed by atoms with Crippen LogP contribution in [-0.2, 0) is 17.8 Å². The molecule has 2 heterocycles. The van der Waals surface area contributed by atoms with Crippen molar-refractivity contribution in [2.45, 2.75) is 26.8 Å². The highest BCUT2D eigenvalue weighted by Crippen LogP contribution is 2.19. The van der Waals surface area contributed by atoms with Crippen LogP contribution >= 0.6 is 0 Å². The molecule has 1 aromatic rings. The van der Waals surface area contributed by atoms with Crippen molar-refractivity contribution in [3.05, 3.63) is 17.5 Å². The summed E-state index contributed by atoms with van der Waals surface area (Å²) in [6.45, 7) is 5.15. The van der Waals surface area contributed by atoms with Gasteiger partial charge in [-0.2, -0.15) is 5.10 Å². The van der Waals surface area contributed by atoms with E-state index in [1.807, 2.05) is 13.8 Å². The molecule has 0 saturated carbocycles. The van der Waals surface area contributed by atoms with Crippen LogP contribution in [0.2, 0.25) is 0 Å². The van der Waals surface area contributed by atoms with Gasteiger partial charge in [-0.15, -0.1) is 0 Å². The third-order valence-corrected chi connectivity index (χ3v) is 3.23. The van der Waals surface area contributed by atoms with Gasteiger partial charge < -0.3 is 10.0 Å². The number of rotatable bonds is 4. The van der Waals surface area contributed by atoms with Crippen molar-refractivity contribution in [2.75, 3.05) is 13.1 Å². The predicted molar refractivity (Wildman–Crippen MR) is 64.3 cm³/mol. The standard InChI is InChI=1S/C12H17N3O3/c1-3-9-5-10(15(4-2)13-9)11(16)14-6-8(7-14)12(17)18/h5,8H,3-4,6-7H2,1-2H3,(H,17,18). The summed E-state index contributed by atoms with van der Waals surface area (Å²) in [4.78, 5) is 24.4. The first-order valence-electron chi connectivity index (χ1n) is 6.15. The molecular weight excluding hydrogens is 234 g/mol. The Balaban J connectivity index is 2.10. The van der Waals surface area contributed by atoms with Gasteiger partial charge in [0, 0.05) is 19.6 Å². The van der Waals surface area contributed by atoms with E-state index in [1.54, 1.807) is 15.6 Å². The molecule has 6 heteroatoms. The van der Waals surface area contributed by atoms with Gasteiger partial charge in [0.2, 0.25) is 0 Å². The number of nitrogens with zero attached hydrogens (tertiary/aromatic N) is 3. The monoisotopic (exact) mass is 251 g/mol. The molecule has 0 bridgehead atoms. The Morgan fingerprint density at radius 1 is 1.44 bits per heavy atom. The number of amides is 1. The van der Waals surface area contributed by atoms with Gasteiger partial charge in [-0.05, 0) is 19.4 Å². The van der Waals surface area contributed by atoms with Crippen LogP contribution in [-0.4, -0.2) is 44.8 Å². The highest BCUT2D eigenvalue weighted by Gasteiger charge is 2.37. The SMILES string of the molecule is CCc1cc(C(=O)N2CC(C(=O)O)C2)n(CC)n1. The van der Waals surface area contributed by atoms with Gasteiger partial charge >= 0.3 is 5.97 Å². The van der Waals surface area contributed by atoms with E-state index in [0.29, 0.717) is 25.3 Å². The summed E-state index contributed by atoms with van der Waals surface area (Å²) in [6, 6.07) is 1.79. The first-order valence-corrected chi connectivity index (χ1v) is 6.15. The Kier molecular flexibility index (Phi) is 3.36. The molecule has 1 amide bonds. The summed E-state index contributed by atoms with van der Waals surface area (Å²) in [5.41, 5.74) is 1.44. The van der Waals surface area contributed by atoms with Crippen molar-refractivity contribution in [3.63, 3.8) is 0 Å². The maximum absolute atomic E-state index is 12.2. The molecule has 1 N–H and O–H groups in total. The Morgan fingerprint density at radius 3 is 2.61 bits per heavy atom. The Labute approximate surface area is 105 Å². The normalized spacial score (nSPS) is 15.6. The molecule has 6 nitrogen and oxygen atoms in total. The zero-order chi connectivity index (χ0) is 13.3. The van der Waals surface area contributed by atoms with E-state index in [0.717, 1.165) is 12.1 Å². The molecule has 1 aliphatic heterocycles. The molecule has 1 aromatic heterocycles. The Bertz CT molecular complexity index is 475. The van der Waals surface area contributed by atoms with Crippen LogP contribution in [0, 0.1) is 5.92 Å². The molecule has 0 unspecified atom stereocenters. The quantitative estimate of drug-likeness (QED) is 0.851. The van der Waals surface area contributed by atoms with Gasteiger partial charge in [-0.1, -0.05) is 6.92 Å². The molecule has 0 aromatic carbocycles. The zero-order valence-corrected chi connectivity index (χ0v) is 10.6. The number of aryl methyl sites for hydroxylation is 2. The van der Waals surface area contributed by atoms with Crippen LogP contribution in [0.25, 0.3) is 0 Å². The first kappa shape index (κ1) is 12.6. The van der Waals surface area contributed by atoms with Gasteiger partial charge in [0.05, 0.1) is 11.6 Å². The molecule has 0 aliphatic carbocycles. The smallest absolute Gasteiger partial charge is 0.310 e. The van der Waals surface area contributed by atoms with Gasteiger partial charge in [-0.3, -0.25) is 14.3 Å². The molecule has 1 saturated heterocycles. The van der Waals surface area contributed by atoms with Gasteiger partial charge in [-0.25, -0.2) is 0 Å². The fourth-order valence-corrected chi connectivity index (χ4v) is 2.02. The lowest BCUT2D eigenvalue weighted by Crippen LogP contribution is -2.53. The van der Waals surface area contributed by atoms with E-state index in [9.17, 15) is 9.59 Å². The van der Waals surface area contributed by atoms with Crippen molar-refractivity contribution in [1.82, 2.24) is 14.7 Å². The van der Waals surface area contributed by atoms with Crippen LogP contribution < -0.4 is 0 Å². The molecule has 0 radical (unpaired) electrons. The fourth-order valence-electron chi connectivity index (χ4n) is 2.02.